The van der Waals surface area contributed by atoms with Gasteiger partial charge in [-0.3, -0.25) is 10.3 Å². The summed E-state index contributed by atoms with van der Waals surface area (Å²) in [6.45, 7) is 3.05. The summed E-state index contributed by atoms with van der Waals surface area (Å²) >= 11 is 1.77. The number of hydrazone groups is 1. The first-order valence-corrected chi connectivity index (χ1v) is 11.4. The van der Waals surface area contributed by atoms with Crippen LogP contribution in [0.3, 0.4) is 0 Å². The molecule has 6 nitrogen and oxygen atoms in total. The SMILES string of the molecule is CC1CN(C(=O)N(Cc2ccc(C3=NNC(C(F)F)O3)cc2F)c2ccc(F)cc2)CCS1. The summed E-state index contributed by atoms with van der Waals surface area (Å²) < 4.78 is 59.0. The van der Waals surface area contributed by atoms with E-state index >= 15 is 0 Å². The van der Waals surface area contributed by atoms with Crippen molar-refractivity contribution in [1.29, 1.82) is 0 Å². The fraction of sp³-hybridized carbons (Fsp3) is 0.364. The Morgan fingerprint density at radius 3 is 2.67 bits per heavy atom. The van der Waals surface area contributed by atoms with E-state index in [9.17, 15) is 22.4 Å². The largest absolute Gasteiger partial charge is 0.445 e. The fourth-order valence-corrected chi connectivity index (χ4v) is 4.58. The molecule has 1 fully saturated rings. The van der Waals surface area contributed by atoms with Crippen molar-refractivity contribution in [3.05, 3.63) is 65.2 Å². The van der Waals surface area contributed by atoms with Gasteiger partial charge in [0.15, 0.2) is 0 Å². The molecule has 1 saturated heterocycles. The van der Waals surface area contributed by atoms with Crippen LogP contribution in [-0.4, -0.2) is 53.6 Å². The number of nitrogens with zero attached hydrogens (tertiary/aromatic N) is 3. The molecular weight excluding hydrogens is 460 g/mol. The van der Waals surface area contributed by atoms with Gasteiger partial charge < -0.3 is 9.64 Å². The Balaban J connectivity index is 1.57. The second-order valence-corrected chi connectivity index (χ2v) is 9.24. The Kier molecular flexibility index (Phi) is 6.96. The van der Waals surface area contributed by atoms with E-state index in [2.05, 4.69) is 10.5 Å². The Morgan fingerprint density at radius 2 is 2.03 bits per heavy atom. The predicted molar refractivity (Wildman–Crippen MR) is 118 cm³/mol. The quantitative estimate of drug-likeness (QED) is 0.642. The molecule has 2 heterocycles. The monoisotopic (exact) mass is 482 g/mol. The third-order valence-electron chi connectivity index (χ3n) is 5.27. The molecule has 1 N–H and O–H groups in total. The number of urea groups is 1. The zero-order valence-electron chi connectivity index (χ0n) is 17.7. The molecule has 0 bridgehead atoms. The molecule has 0 saturated carbocycles. The maximum Gasteiger partial charge on any atom is 0.324 e. The first-order valence-electron chi connectivity index (χ1n) is 10.3. The number of rotatable bonds is 5. The van der Waals surface area contributed by atoms with Crippen molar-refractivity contribution in [3.8, 4) is 0 Å². The lowest BCUT2D eigenvalue weighted by Gasteiger charge is -2.35. The number of amides is 2. The fourth-order valence-electron chi connectivity index (χ4n) is 3.57. The molecule has 0 radical (unpaired) electrons. The van der Waals surface area contributed by atoms with E-state index in [1.807, 2.05) is 6.92 Å². The van der Waals surface area contributed by atoms with Gasteiger partial charge in [-0.2, -0.15) is 11.8 Å². The summed E-state index contributed by atoms with van der Waals surface area (Å²) in [5.74, 6) is -0.445. The highest BCUT2D eigenvalue weighted by Crippen LogP contribution is 2.25. The van der Waals surface area contributed by atoms with Crippen LogP contribution in [0.5, 0.6) is 0 Å². The van der Waals surface area contributed by atoms with Gasteiger partial charge in [-0.25, -0.2) is 22.4 Å². The summed E-state index contributed by atoms with van der Waals surface area (Å²) in [4.78, 5) is 16.4. The smallest absolute Gasteiger partial charge is 0.324 e. The van der Waals surface area contributed by atoms with E-state index in [1.54, 1.807) is 16.7 Å². The summed E-state index contributed by atoms with van der Waals surface area (Å²) in [5.41, 5.74) is 2.98. The van der Waals surface area contributed by atoms with Crippen molar-refractivity contribution in [1.82, 2.24) is 10.3 Å². The molecule has 0 aliphatic carbocycles. The molecule has 2 atom stereocenters. The van der Waals surface area contributed by atoms with Crippen LogP contribution in [0.2, 0.25) is 0 Å². The second kappa shape index (κ2) is 9.90. The number of carbonyl (C=O) groups is 1. The van der Waals surface area contributed by atoms with E-state index in [-0.39, 0.29) is 34.9 Å². The van der Waals surface area contributed by atoms with E-state index in [1.165, 1.54) is 41.3 Å². The molecule has 2 aromatic carbocycles. The highest BCUT2D eigenvalue weighted by molar-refractivity contribution is 7.99. The number of alkyl halides is 2. The van der Waals surface area contributed by atoms with Gasteiger partial charge in [0.25, 0.3) is 6.43 Å². The number of anilines is 1. The minimum absolute atomic E-state index is 0.0974. The second-order valence-electron chi connectivity index (χ2n) is 7.70. The number of benzene rings is 2. The van der Waals surface area contributed by atoms with Crippen LogP contribution in [0.1, 0.15) is 18.1 Å². The molecule has 33 heavy (non-hydrogen) atoms. The van der Waals surface area contributed by atoms with Gasteiger partial charge in [0.1, 0.15) is 11.6 Å². The lowest BCUT2D eigenvalue weighted by atomic mass is 10.1. The topological polar surface area (TPSA) is 57.2 Å². The van der Waals surface area contributed by atoms with Gasteiger partial charge in [-0.1, -0.05) is 13.0 Å². The van der Waals surface area contributed by atoms with Gasteiger partial charge in [-0.15, -0.1) is 5.10 Å². The van der Waals surface area contributed by atoms with Crippen molar-refractivity contribution in [3.63, 3.8) is 0 Å². The summed E-state index contributed by atoms with van der Waals surface area (Å²) in [5, 5.41) is 3.95. The molecule has 0 aromatic heterocycles. The predicted octanol–water partition coefficient (Wildman–Crippen LogP) is 4.40. The first kappa shape index (κ1) is 23.2. The van der Waals surface area contributed by atoms with Gasteiger partial charge in [0.2, 0.25) is 12.1 Å². The van der Waals surface area contributed by atoms with Crippen LogP contribution in [0.25, 0.3) is 0 Å². The average molecular weight is 483 g/mol. The van der Waals surface area contributed by atoms with E-state index < -0.39 is 24.3 Å². The van der Waals surface area contributed by atoms with E-state index in [4.69, 9.17) is 4.74 Å². The molecule has 2 aliphatic heterocycles. The molecule has 11 heteroatoms. The van der Waals surface area contributed by atoms with Crippen molar-refractivity contribution in [2.75, 3.05) is 23.7 Å². The Labute approximate surface area is 192 Å². The van der Waals surface area contributed by atoms with Gasteiger partial charge in [0, 0.05) is 40.9 Å². The molecule has 176 valence electrons. The normalized spacial score (nSPS) is 20.3. The van der Waals surface area contributed by atoms with Gasteiger partial charge >= 0.3 is 6.03 Å². The van der Waals surface area contributed by atoms with E-state index in [0.717, 1.165) is 11.8 Å². The molecule has 2 aliphatic rings. The summed E-state index contributed by atoms with van der Waals surface area (Å²) in [6.07, 6.45) is -4.37. The van der Waals surface area contributed by atoms with Crippen LogP contribution in [0.4, 0.5) is 28.0 Å². The van der Waals surface area contributed by atoms with Crippen molar-refractivity contribution >= 4 is 29.4 Å². The zero-order valence-corrected chi connectivity index (χ0v) is 18.5. The highest BCUT2D eigenvalue weighted by Gasteiger charge is 2.30. The minimum atomic E-state index is -2.79. The molecule has 4 rings (SSSR count). The number of carbonyl (C=O) groups excluding carboxylic acids is 1. The third-order valence-corrected chi connectivity index (χ3v) is 6.41. The number of hydrogen-bond donors (Lipinski definition) is 1. The molecule has 2 unspecified atom stereocenters. The highest BCUT2D eigenvalue weighted by atomic mass is 32.2. The summed E-state index contributed by atoms with van der Waals surface area (Å²) in [7, 11) is 0. The van der Waals surface area contributed by atoms with Crippen LogP contribution in [0, 0.1) is 11.6 Å². The van der Waals surface area contributed by atoms with Crippen LogP contribution in [0.15, 0.2) is 47.6 Å². The summed E-state index contributed by atoms with van der Waals surface area (Å²) in [6, 6.07) is 9.18. The number of nitrogens with one attached hydrogen (secondary N) is 1. The number of ether oxygens (including phenoxy) is 1. The lowest BCUT2D eigenvalue weighted by molar-refractivity contribution is 0.000583. The van der Waals surface area contributed by atoms with Crippen LogP contribution < -0.4 is 10.3 Å². The number of hydrogen-bond acceptors (Lipinski definition) is 5. The van der Waals surface area contributed by atoms with Crippen LogP contribution >= 0.6 is 11.8 Å². The third kappa shape index (κ3) is 5.35. The van der Waals surface area contributed by atoms with Crippen molar-refractivity contribution in [2.45, 2.75) is 31.4 Å². The Morgan fingerprint density at radius 1 is 1.27 bits per heavy atom. The molecular formula is C22H22F4N4O2S. The van der Waals surface area contributed by atoms with E-state index in [0.29, 0.717) is 18.8 Å². The minimum Gasteiger partial charge on any atom is -0.445 e. The maximum absolute atomic E-state index is 15.0. The molecule has 2 amide bonds. The van der Waals surface area contributed by atoms with Gasteiger partial charge in [0.05, 0.1) is 6.54 Å². The number of halogens is 4. The standard InChI is InChI=1S/C22H22F4N4O2S/c1-13-11-29(8-9-33-13)22(31)30(17-6-4-16(23)5-7-17)12-15-3-2-14(10-18(15)24)20-27-28-21(32-20)19(25)26/h2-7,10,13,19,21,28H,8-9,11-12H2,1H3. The Bertz CT molecular complexity index is 1040. The Hall–Kier alpha value is -2.95. The lowest BCUT2D eigenvalue weighted by Crippen LogP contribution is -2.48. The van der Waals surface area contributed by atoms with Crippen LogP contribution in [-0.2, 0) is 11.3 Å². The maximum atomic E-state index is 15.0. The number of thioether (sulfide) groups is 1. The first-order chi connectivity index (χ1) is 15.8. The van der Waals surface area contributed by atoms with Crippen molar-refractivity contribution < 1.29 is 27.1 Å². The molecule has 0 spiro atoms. The molecule has 2 aromatic rings. The zero-order chi connectivity index (χ0) is 23.5. The van der Waals surface area contributed by atoms with Gasteiger partial charge in [-0.05, 0) is 36.4 Å². The average Bonchev–Trinajstić information content (AvgIpc) is 3.29. The van der Waals surface area contributed by atoms with Crippen molar-refractivity contribution in [2.24, 2.45) is 5.10 Å².